The highest BCUT2D eigenvalue weighted by molar-refractivity contribution is 6.44. The molecule has 0 saturated heterocycles. The number of hydrazone groups is 1. The lowest BCUT2D eigenvalue weighted by atomic mass is 10.1. The van der Waals surface area contributed by atoms with Crippen LogP contribution in [0.1, 0.15) is 18.4 Å². The van der Waals surface area contributed by atoms with Crippen molar-refractivity contribution in [2.45, 2.75) is 19.3 Å². The van der Waals surface area contributed by atoms with E-state index >= 15 is 0 Å². The molecule has 0 unspecified atom stereocenters. The molecule has 0 aromatic heterocycles. The Kier molecular flexibility index (Phi) is 2.59. The van der Waals surface area contributed by atoms with Gasteiger partial charge in [-0.15, -0.1) is 0 Å². The summed E-state index contributed by atoms with van der Waals surface area (Å²) in [6.45, 7) is 0.686. The molecule has 92 valence electrons. The number of anilines is 1. The van der Waals surface area contributed by atoms with Gasteiger partial charge in [0.2, 0.25) is 5.91 Å². The van der Waals surface area contributed by atoms with Gasteiger partial charge in [-0.25, -0.2) is 5.43 Å². The predicted octanol–water partition coefficient (Wildman–Crippen LogP) is 0.842. The number of carbonyl (C=O) groups is 2. The Morgan fingerprint density at radius 2 is 2.06 bits per heavy atom. The Balaban J connectivity index is 1.85. The van der Waals surface area contributed by atoms with Gasteiger partial charge in [-0.3, -0.25) is 9.59 Å². The van der Waals surface area contributed by atoms with Crippen molar-refractivity contribution in [1.29, 1.82) is 0 Å². The smallest absolute Gasteiger partial charge is 0.274 e. The highest BCUT2D eigenvalue weighted by Gasteiger charge is 2.28. The predicted molar refractivity (Wildman–Crippen MR) is 67.3 cm³/mol. The summed E-state index contributed by atoms with van der Waals surface area (Å²) >= 11 is 0. The van der Waals surface area contributed by atoms with Crippen LogP contribution in [0.4, 0.5) is 5.69 Å². The normalized spacial score (nSPS) is 18.1. The summed E-state index contributed by atoms with van der Waals surface area (Å²) in [5, 5.41) is 3.85. The number of hydrogen-bond donors (Lipinski definition) is 1. The van der Waals surface area contributed by atoms with Crippen LogP contribution in [0.3, 0.4) is 0 Å². The van der Waals surface area contributed by atoms with Crippen molar-refractivity contribution in [1.82, 2.24) is 5.43 Å². The number of para-hydroxylation sites is 1. The fourth-order valence-corrected chi connectivity index (χ4v) is 2.33. The van der Waals surface area contributed by atoms with Gasteiger partial charge < -0.3 is 4.90 Å². The first-order valence-corrected chi connectivity index (χ1v) is 6.01. The first-order valence-electron chi connectivity index (χ1n) is 6.01. The molecule has 0 saturated carbocycles. The molecule has 2 aliphatic heterocycles. The fourth-order valence-electron chi connectivity index (χ4n) is 2.33. The maximum Gasteiger partial charge on any atom is 0.274 e. The molecule has 0 spiro atoms. The summed E-state index contributed by atoms with van der Waals surface area (Å²) in [5.41, 5.74) is 4.95. The number of nitrogens with one attached hydrogen (secondary N) is 1. The average Bonchev–Trinajstić information content (AvgIpc) is 2.82. The van der Waals surface area contributed by atoms with Gasteiger partial charge in [-0.2, -0.15) is 5.10 Å². The SMILES string of the molecule is O=C1CCC(C(=O)N2CCc3ccccc32)=NN1. The van der Waals surface area contributed by atoms with Gasteiger partial charge in [-0.05, 0) is 18.1 Å². The van der Waals surface area contributed by atoms with Crippen molar-refractivity contribution in [3.63, 3.8) is 0 Å². The van der Waals surface area contributed by atoms with Gasteiger partial charge in [0.15, 0.2) is 0 Å². The van der Waals surface area contributed by atoms with Gasteiger partial charge >= 0.3 is 0 Å². The van der Waals surface area contributed by atoms with Crippen molar-refractivity contribution in [2.24, 2.45) is 5.10 Å². The Morgan fingerprint density at radius 1 is 1.22 bits per heavy atom. The Morgan fingerprint density at radius 3 is 2.83 bits per heavy atom. The van der Waals surface area contributed by atoms with Gasteiger partial charge in [0.1, 0.15) is 5.71 Å². The molecule has 3 rings (SSSR count). The minimum absolute atomic E-state index is 0.0973. The number of carbonyl (C=O) groups excluding carboxylic acids is 2. The molecule has 2 heterocycles. The van der Waals surface area contributed by atoms with Crippen LogP contribution >= 0.6 is 0 Å². The second-order valence-corrected chi connectivity index (χ2v) is 4.43. The van der Waals surface area contributed by atoms with E-state index in [4.69, 9.17) is 0 Å². The maximum absolute atomic E-state index is 12.3. The lowest BCUT2D eigenvalue weighted by molar-refractivity contribution is -0.121. The number of rotatable bonds is 1. The van der Waals surface area contributed by atoms with E-state index in [1.807, 2.05) is 24.3 Å². The van der Waals surface area contributed by atoms with E-state index in [1.54, 1.807) is 4.90 Å². The van der Waals surface area contributed by atoms with Crippen LogP contribution in [0.5, 0.6) is 0 Å². The number of nitrogens with zero attached hydrogens (tertiary/aromatic N) is 2. The van der Waals surface area contributed by atoms with E-state index in [1.165, 1.54) is 5.56 Å². The van der Waals surface area contributed by atoms with Crippen molar-refractivity contribution in [2.75, 3.05) is 11.4 Å². The maximum atomic E-state index is 12.3. The van der Waals surface area contributed by atoms with Crippen molar-refractivity contribution in [3.8, 4) is 0 Å². The summed E-state index contributed by atoms with van der Waals surface area (Å²) in [4.78, 5) is 25.1. The monoisotopic (exact) mass is 243 g/mol. The Labute approximate surface area is 104 Å². The number of hydrogen-bond acceptors (Lipinski definition) is 3. The third-order valence-electron chi connectivity index (χ3n) is 3.28. The molecule has 2 amide bonds. The zero-order chi connectivity index (χ0) is 12.5. The number of benzene rings is 1. The molecule has 5 heteroatoms. The van der Waals surface area contributed by atoms with Crippen LogP contribution in [0.15, 0.2) is 29.4 Å². The van der Waals surface area contributed by atoms with E-state index in [0.29, 0.717) is 25.1 Å². The van der Waals surface area contributed by atoms with Crippen molar-refractivity contribution < 1.29 is 9.59 Å². The molecule has 5 nitrogen and oxygen atoms in total. The van der Waals surface area contributed by atoms with Gasteiger partial charge in [-0.1, -0.05) is 18.2 Å². The molecule has 0 atom stereocenters. The van der Waals surface area contributed by atoms with E-state index in [9.17, 15) is 9.59 Å². The third-order valence-corrected chi connectivity index (χ3v) is 3.28. The van der Waals surface area contributed by atoms with Gasteiger partial charge in [0, 0.05) is 25.1 Å². The molecular formula is C13H13N3O2. The van der Waals surface area contributed by atoms with E-state index in [-0.39, 0.29) is 11.8 Å². The van der Waals surface area contributed by atoms with Crippen LogP contribution < -0.4 is 10.3 Å². The van der Waals surface area contributed by atoms with Crippen LogP contribution in [-0.2, 0) is 16.0 Å². The number of amides is 2. The molecule has 2 aliphatic rings. The Hall–Kier alpha value is -2.17. The van der Waals surface area contributed by atoms with E-state index in [0.717, 1.165) is 12.1 Å². The van der Waals surface area contributed by atoms with Gasteiger partial charge in [0.05, 0.1) is 0 Å². The average molecular weight is 243 g/mol. The fraction of sp³-hybridized carbons (Fsp3) is 0.308. The quantitative estimate of drug-likeness (QED) is 0.794. The zero-order valence-corrected chi connectivity index (χ0v) is 9.85. The minimum atomic E-state index is -0.131. The molecule has 0 aliphatic carbocycles. The summed E-state index contributed by atoms with van der Waals surface area (Å²) in [7, 11) is 0. The van der Waals surface area contributed by atoms with Crippen LogP contribution in [0, 0.1) is 0 Å². The highest BCUT2D eigenvalue weighted by atomic mass is 16.2. The molecular weight excluding hydrogens is 230 g/mol. The standard InChI is InChI=1S/C13H13N3O2/c17-12-6-5-10(14-15-12)13(18)16-8-7-9-3-1-2-4-11(9)16/h1-4H,5-8H2,(H,15,17). The second kappa shape index (κ2) is 4.25. The second-order valence-electron chi connectivity index (χ2n) is 4.43. The van der Waals surface area contributed by atoms with E-state index < -0.39 is 0 Å². The molecule has 0 radical (unpaired) electrons. The molecule has 1 aromatic rings. The summed E-state index contributed by atoms with van der Waals surface area (Å²) in [6, 6.07) is 7.88. The third kappa shape index (κ3) is 1.77. The molecule has 0 fully saturated rings. The first-order chi connectivity index (χ1) is 8.75. The first kappa shape index (κ1) is 11.0. The zero-order valence-electron chi connectivity index (χ0n) is 9.85. The lowest BCUT2D eigenvalue weighted by Gasteiger charge is -2.19. The Bertz CT molecular complexity index is 551. The van der Waals surface area contributed by atoms with Crippen LogP contribution in [0.2, 0.25) is 0 Å². The lowest BCUT2D eigenvalue weighted by Crippen LogP contribution is -2.39. The van der Waals surface area contributed by atoms with Crippen LogP contribution in [0.25, 0.3) is 0 Å². The molecule has 1 aromatic carbocycles. The summed E-state index contributed by atoms with van der Waals surface area (Å²) < 4.78 is 0. The minimum Gasteiger partial charge on any atom is -0.307 e. The highest BCUT2D eigenvalue weighted by Crippen LogP contribution is 2.27. The summed E-state index contributed by atoms with van der Waals surface area (Å²) in [5.74, 6) is -0.228. The van der Waals surface area contributed by atoms with Crippen molar-refractivity contribution >= 4 is 23.2 Å². The van der Waals surface area contributed by atoms with Gasteiger partial charge in [0.25, 0.3) is 5.91 Å². The number of fused-ring (bicyclic) bond motifs is 1. The topological polar surface area (TPSA) is 61.8 Å². The molecule has 0 bridgehead atoms. The molecule has 18 heavy (non-hydrogen) atoms. The largest absolute Gasteiger partial charge is 0.307 e. The summed E-state index contributed by atoms with van der Waals surface area (Å²) in [6.07, 6.45) is 1.63. The van der Waals surface area contributed by atoms with E-state index in [2.05, 4.69) is 10.5 Å². The van der Waals surface area contributed by atoms with Crippen LogP contribution in [-0.4, -0.2) is 24.1 Å². The van der Waals surface area contributed by atoms with Crippen molar-refractivity contribution in [3.05, 3.63) is 29.8 Å². The molecule has 1 N–H and O–H groups in total.